The van der Waals surface area contributed by atoms with Crippen molar-refractivity contribution in [2.24, 2.45) is 11.8 Å². The number of thioether (sulfide) groups is 1. The number of hydrogen-bond acceptors (Lipinski definition) is 7. The van der Waals surface area contributed by atoms with Gasteiger partial charge in [0.15, 0.2) is 5.12 Å². The van der Waals surface area contributed by atoms with Crippen LogP contribution in [-0.4, -0.2) is 62.6 Å². The monoisotopic (exact) mass is 419 g/mol. The number of nitrogens with one attached hydrogen (secondary N) is 1. The van der Waals surface area contributed by atoms with Crippen molar-refractivity contribution in [1.82, 2.24) is 5.32 Å². The predicted octanol–water partition coefficient (Wildman–Crippen LogP) is 1.48. The van der Waals surface area contributed by atoms with E-state index in [1.807, 2.05) is 6.92 Å². The number of ether oxygens (including phenoxy) is 1. The van der Waals surface area contributed by atoms with Crippen LogP contribution in [0, 0.1) is 11.8 Å². The molecule has 1 saturated heterocycles. The molecule has 27 heavy (non-hydrogen) atoms. The summed E-state index contributed by atoms with van der Waals surface area (Å²) in [5.74, 6) is -2.36. The molecular formula is C18H29NO6S2. The lowest BCUT2D eigenvalue weighted by molar-refractivity contribution is -0.147. The van der Waals surface area contributed by atoms with Crippen LogP contribution >= 0.6 is 24.4 Å². The summed E-state index contributed by atoms with van der Waals surface area (Å²) in [7, 11) is 0. The standard InChI is InChI=1S/C18H29NO6S2/c1-9-14(13(10(2)20)18(24)26)19-15(17(22)23)16(9)27-8-12(21)25-11-6-4-3-5-7-11/h9-11,13-16,19-20H,3-8H2,1-2H3,(H,22,23)(H,24,26)/t9-,10-,13-,14-,15?,16-/m1/s1. The Balaban J connectivity index is 1.99. The van der Waals surface area contributed by atoms with Gasteiger partial charge in [-0.05, 0) is 38.5 Å². The number of carboxylic acid groups (broad SMARTS) is 1. The van der Waals surface area contributed by atoms with E-state index < -0.39 is 40.4 Å². The van der Waals surface area contributed by atoms with E-state index in [4.69, 9.17) is 4.74 Å². The maximum Gasteiger partial charge on any atom is 0.321 e. The zero-order valence-corrected chi connectivity index (χ0v) is 17.4. The second-order valence-electron chi connectivity index (χ2n) is 7.50. The van der Waals surface area contributed by atoms with E-state index in [0.717, 1.165) is 25.7 Å². The minimum absolute atomic E-state index is 0.0320. The summed E-state index contributed by atoms with van der Waals surface area (Å²) in [5, 5.41) is 21.5. The van der Waals surface area contributed by atoms with Crippen LogP contribution in [-0.2, 0) is 19.1 Å². The molecule has 0 radical (unpaired) electrons. The Kier molecular flexibility index (Phi) is 8.45. The summed E-state index contributed by atoms with van der Waals surface area (Å²) in [4.78, 5) is 35.7. The van der Waals surface area contributed by atoms with Crippen LogP contribution in [0.1, 0.15) is 46.0 Å². The fourth-order valence-corrected chi connectivity index (χ4v) is 5.71. The van der Waals surface area contributed by atoms with Gasteiger partial charge in [-0.25, -0.2) is 0 Å². The molecule has 3 N–H and O–H groups in total. The van der Waals surface area contributed by atoms with Gasteiger partial charge in [0.2, 0.25) is 0 Å². The Morgan fingerprint density at radius 2 is 1.89 bits per heavy atom. The third-order valence-corrected chi connectivity index (χ3v) is 7.27. The van der Waals surface area contributed by atoms with Crippen molar-refractivity contribution >= 4 is 41.4 Å². The van der Waals surface area contributed by atoms with Gasteiger partial charge in [0.25, 0.3) is 0 Å². The molecule has 0 aromatic rings. The number of hydrogen-bond donors (Lipinski definition) is 4. The van der Waals surface area contributed by atoms with E-state index in [2.05, 4.69) is 17.9 Å². The largest absolute Gasteiger partial charge is 0.480 e. The van der Waals surface area contributed by atoms with Crippen LogP contribution in [0.5, 0.6) is 0 Å². The van der Waals surface area contributed by atoms with Crippen molar-refractivity contribution in [3.8, 4) is 0 Å². The number of carbonyl (C=O) groups is 3. The van der Waals surface area contributed by atoms with E-state index in [1.54, 1.807) is 0 Å². The Morgan fingerprint density at radius 3 is 2.41 bits per heavy atom. The van der Waals surface area contributed by atoms with Crippen LogP contribution in [0.15, 0.2) is 0 Å². The van der Waals surface area contributed by atoms with Crippen LogP contribution in [0.4, 0.5) is 0 Å². The molecule has 1 heterocycles. The number of aliphatic hydroxyl groups is 1. The zero-order valence-electron chi connectivity index (χ0n) is 15.7. The van der Waals surface area contributed by atoms with Gasteiger partial charge < -0.3 is 14.9 Å². The fourth-order valence-electron chi connectivity index (χ4n) is 4.08. The summed E-state index contributed by atoms with van der Waals surface area (Å²) < 4.78 is 5.50. The molecule has 0 spiro atoms. The van der Waals surface area contributed by atoms with Gasteiger partial charge in [0.1, 0.15) is 12.1 Å². The molecule has 9 heteroatoms. The molecule has 2 fully saturated rings. The Labute approximate surface area is 169 Å². The highest BCUT2D eigenvalue weighted by Crippen LogP contribution is 2.36. The van der Waals surface area contributed by atoms with E-state index in [-0.39, 0.29) is 23.7 Å². The number of carbonyl (C=O) groups excluding carboxylic acids is 2. The van der Waals surface area contributed by atoms with Crippen molar-refractivity contribution in [2.75, 3.05) is 5.75 Å². The van der Waals surface area contributed by atoms with Gasteiger partial charge in [-0.3, -0.25) is 19.7 Å². The summed E-state index contributed by atoms with van der Waals surface area (Å²) in [6, 6.07) is -1.44. The second-order valence-corrected chi connectivity index (χ2v) is 9.10. The fraction of sp³-hybridized carbons (Fsp3) is 0.833. The number of thiol groups is 1. The lowest BCUT2D eigenvalue weighted by Crippen LogP contribution is -2.46. The van der Waals surface area contributed by atoms with Crippen molar-refractivity contribution in [2.45, 2.75) is 75.5 Å². The quantitative estimate of drug-likeness (QED) is 0.346. The zero-order chi connectivity index (χ0) is 20.1. The normalized spacial score (nSPS) is 31.3. The van der Waals surface area contributed by atoms with Crippen molar-refractivity contribution in [3.05, 3.63) is 0 Å². The first-order chi connectivity index (χ1) is 12.7. The van der Waals surface area contributed by atoms with Gasteiger partial charge >= 0.3 is 11.9 Å². The third kappa shape index (κ3) is 5.85. The van der Waals surface area contributed by atoms with Crippen molar-refractivity contribution in [3.63, 3.8) is 0 Å². The van der Waals surface area contributed by atoms with Gasteiger partial charge in [-0.15, -0.1) is 24.4 Å². The average molecular weight is 420 g/mol. The smallest absolute Gasteiger partial charge is 0.321 e. The molecular weight excluding hydrogens is 390 g/mol. The number of rotatable bonds is 8. The van der Waals surface area contributed by atoms with E-state index in [9.17, 15) is 24.6 Å². The first kappa shape index (κ1) is 22.5. The van der Waals surface area contributed by atoms with Gasteiger partial charge in [0, 0.05) is 11.3 Å². The molecule has 1 saturated carbocycles. The topological polar surface area (TPSA) is 113 Å². The summed E-state index contributed by atoms with van der Waals surface area (Å²) >= 11 is 5.08. The lowest BCUT2D eigenvalue weighted by atomic mass is 9.87. The first-order valence-corrected chi connectivity index (χ1v) is 10.9. The predicted molar refractivity (Wildman–Crippen MR) is 106 cm³/mol. The number of aliphatic carboxylic acids is 1. The van der Waals surface area contributed by atoms with E-state index in [1.165, 1.54) is 25.1 Å². The van der Waals surface area contributed by atoms with E-state index >= 15 is 0 Å². The molecule has 2 rings (SSSR count). The molecule has 7 nitrogen and oxygen atoms in total. The second kappa shape index (κ2) is 10.1. The highest BCUT2D eigenvalue weighted by molar-refractivity contribution is 8.00. The van der Waals surface area contributed by atoms with Crippen molar-refractivity contribution in [1.29, 1.82) is 0 Å². The highest BCUT2D eigenvalue weighted by Gasteiger charge is 2.49. The Morgan fingerprint density at radius 1 is 1.26 bits per heavy atom. The molecule has 1 unspecified atom stereocenters. The molecule has 6 atom stereocenters. The minimum atomic E-state index is -1.04. The molecule has 154 valence electrons. The molecule has 0 aromatic carbocycles. The maximum absolute atomic E-state index is 12.2. The Hall–Kier alpha value is -0.770. The lowest BCUT2D eigenvalue weighted by Gasteiger charge is -2.27. The van der Waals surface area contributed by atoms with Gasteiger partial charge in [0.05, 0.1) is 17.8 Å². The van der Waals surface area contributed by atoms with Crippen LogP contribution in [0.25, 0.3) is 0 Å². The molecule has 1 aliphatic heterocycles. The SMILES string of the molecule is C[C@@H]1[C@H]([C@H](C(=O)S)[C@@H](C)O)NC(C(=O)O)[C@@H]1SCC(=O)OC1CCCCC1. The number of carboxylic acids is 1. The number of esters is 1. The Bertz CT molecular complexity index is 552. The van der Waals surface area contributed by atoms with Gasteiger partial charge in [-0.1, -0.05) is 13.3 Å². The first-order valence-electron chi connectivity index (χ1n) is 9.43. The average Bonchev–Trinajstić information content (AvgIpc) is 2.90. The third-order valence-electron chi connectivity index (χ3n) is 5.49. The summed E-state index contributed by atoms with van der Waals surface area (Å²) in [6.45, 7) is 3.32. The van der Waals surface area contributed by atoms with Crippen LogP contribution < -0.4 is 5.32 Å². The minimum Gasteiger partial charge on any atom is -0.480 e. The molecule has 1 aliphatic carbocycles. The summed E-state index contributed by atoms with van der Waals surface area (Å²) in [5.41, 5.74) is 0. The summed E-state index contributed by atoms with van der Waals surface area (Å²) in [6.07, 6.45) is 4.09. The van der Waals surface area contributed by atoms with Gasteiger partial charge in [-0.2, -0.15) is 0 Å². The van der Waals surface area contributed by atoms with Crippen LogP contribution in [0.3, 0.4) is 0 Å². The van der Waals surface area contributed by atoms with Crippen molar-refractivity contribution < 1.29 is 29.3 Å². The molecule has 0 amide bonds. The highest BCUT2D eigenvalue weighted by atomic mass is 32.2. The maximum atomic E-state index is 12.2. The molecule has 2 aliphatic rings. The van der Waals surface area contributed by atoms with E-state index in [0.29, 0.717) is 0 Å². The van der Waals surface area contributed by atoms with Crippen LogP contribution in [0.2, 0.25) is 0 Å². The molecule has 0 aromatic heterocycles. The number of aliphatic hydroxyl groups excluding tert-OH is 1. The molecule has 0 bridgehead atoms.